The van der Waals surface area contributed by atoms with Crippen LogP contribution in [0.15, 0.2) is 71.6 Å². The molecule has 2 heterocycles. The van der Waals surface area contributed by atoms with Gasteiger partial charge in [0.25, 0.3) is 5.91 Å². The van der Waals surface area contributed by atoms with E-state index in [-0.39, 0.29) is 15.5 Å². The number of aromatic nitrogens is 1. The molecule has 0 radical (unpaired) electrons. The number of sulfonamides is 1. The van der Waals surface area contributed by atoms with E-state index in [9.17, 15) is 13.2 Å². The Labute approximate surface area is 207 Å². The third-order valence-corrected chi connectivity index (χ3v) is 9.28. The van der Waals surface area contributed by atoms with Crippen molar-refractivity contribution in [1.29, 1.82) is 0 Å². The average Bonchev–Trinajstić information content (AvgIpc) is 3.29. The lowest BCUT2D eigenvalue weighted by molar-refractivity contribution is 0.102. The largest absolute Gasteiger partial charge is 0.322 e. The highest BCUT2D eigenvalue weighted by Crippen LogP contribution is 2.31. The number of nitrogens with one attached hydrogen (secondary N) is 1. The van der Waals surface area contributed by atoms with E-state index >= 15 is 0 Å². The average molecular weight is 512 g/mol. The van der Waals surface area contributed by atoms with Crippen molar-refractivity contribution in [1.82, 2.24) is 9.29 Å². The number of carbonyl (C=O) groups is 1. The summed E-state index contributed by atoms with van der Waals surface area (Å²) in [6.07, 6.45) is 2.66. The van der Waals surface area contributed by atoms with Crippen LogP contribution in [0.5, 0.6) is 0 Å². The van der Waals surface area contributed by atoms with E-state index in [1.54, 1.807) is 23.5 Å². The van der Waals surface area contributed by atoms with Gasteiger partial charge in [-0.25, -0.2) is 13.4 Å². The van der Waals surface area contributed by atoms with Crippen molar-refractivity contribution in [3.63, 3.8) is 0 Å². The highest BCUT2D eigenvalue weighted by atomic mass is 35.5. The summed E-state index contributed by atoms with van der Waals surface area (Å²) >= 11 is 7.84. The Kier molecular flexibility index (Phi) is 6.40. The molecule has 5 rings (SSSR count). The number of hydrogen-bond donors (Lipinski definition) is 1. The maximum atomic E-state index is 13.1. The van der Waals surface area contributed by atoms with Gasteiger partial charge in [0.15, 0.2) is 0 Å². The molecule has 34 heavy (non-hydrogen) atoms. The van der Waals surface area contributed by atoms with E-state index in [0.717, 1.165) is 40.1 Å². The minimum Gasteiger partial charge on any atom is -0.322 e. The first kappa shape index (κ1) is 23.0. The predicted molar refractivity (Wildman–Crippen MR) is 137 cm³/mol. The van der Waals surface area contributed by atoms with Gasteiger partial charge in [0, 0.05) is 29.9 Å². The van der Waals surface area contributed by atoms with Gasteiger partial charge in [-0.1, -0.05) is 30.2 Å². The van der Waals surface area contributed by atoms with Crippen LogP contribution in [0.2, 0.25) is 5.02 Å². The zero-order chi connectivity index (χ0) is 23.7. The second-order valence-electron chi connectivity index (χ2n) is 8.13. The number of fused-ring (bicyclic) bond motifs is 1. The van der Waals surface area contributed by atoms with E-state index in [2.05, 4.69) is 10.3 Å². The molecule has 0 spiro atoms. The summed E-state index contributed by atoms with van der Waals surface area (Å²) in [5.74, 6) is -0.403. The number of amides is 1. The summed E-state index contributed by atoms with van der Waals surface area (Å²) in [4.78, 5) is 17.5. The molecule has 0 saturated carbocycles. The normalized spacial score (nSPS) is 14.9. The summed E-state index contributed by atoms with van der Waals surface area (Å²) in [7, 11) is -3.75. The molecule has 1 aliphatic rings. The molecule has 0 unspecified atom stereocenters. The number of nitrogens with zero attached hydrogens (tertiary/aromatic N) is 2. The molecule has 0 aliphatic carbocycles. The first-order valence-electron chi connectivity index (χ1n) is 11.0. The number of halogens is 1. The van der Waals surface area contributed by atoms with Crippen molar-refractivity contribution >= 4 is 54.8 Å². The van der Waals surface area contributed by atoms with Gasteiger partial charge in [-0.15, -0.1) is 11.3 Å². The first-order valence-corrected chi connectivity index (χ1v) is 13.6. The molecule has 4 aromatic rings. The van der Waals surface area contributed by atoms with Crippen molar-refractivity contribution in [3.8, 4) is 10.6 Å². The molecule has 9 heteroatoms. The van der Waals surface area contributed by atoms with Crippen LogP contribution >= 0.6 is 22.9 Å². The Morgan fingerprint density at radius 2 is 1.71 bits per heavy atom. The van der Waals surface area contributed by atoms with Crippen molar-refractivity contribution in [2.75, 3.05) is 18.4 Å². The molecule has 1 fully saturated rings. The Morgan fingerprint density at radius 1 is 0.971 bits per heavy atom. The minimum atomic E-state index is -3.75. The fraction of sp³-hybridized carbons (Fsp3) is 0.200. The third kappa shape index (κ3) is 4.59. The van der Waals surface area contributed by atoms with Gasteiger partial charge in [-0.3, -0.25) is 4.79 Å². The van der Waals surface area contributed by atoms with Crippen molar-refractivity contribution in [2.45, 2.75) is 24.2 Å². The highest BCUT2D eigenvalue weighted by Gasteiger charge is 2.28. The molecular formula is C25H22ClN3O3S2. The molecule has 1 N–H and O–H groups in total. The van der Waals surface area contributed by atoms with E-state index in [4.69, 9.17) is 11.6 Å². The minimum absolute atomic E-state index is 0.0325. The molecule has 1 amide bonds. The lowest BCUT2D eigenvalue weighted by Gasteiger charge is -2.26. The summed E-state index contributed by atoms with van der Waals surface area (Å²) in [5, 5.41) is 3.85. The van der Waals surface area contributed by atoms with Crippen LogP contribution in [-0.4, -0.2) is 36.7 Å². The van der Waals surface area contributed by atoms with Crippen molar-refractivity contribution < 1.29 is 13.2 Å². The fourth-order valence-corrected chi connectivity index (χ4v) is 6.97. The SMILES string of the molecule is O=C(Nc1ccc(-c2nc3ccccc3s2)cc1)c1ccc(Cl)c(S(=O)(=O)N2CCCCC2)c1. The number of carbonyl (C=O) groups excluding carboxylic acids is 1. The van der Waals surface area contributed by atoms with Crippen LogP contribution < -0.4 is 5.32 Å². The Bertz CT molecular complexity index is 1430. The maximum absolute atomic E-state index is 13.1. The molecule has 1 aliphatic heterocycles. The zero-order valence-electron chi connectivity index (χ0n) is 18.2. The molecule has 174 valence electrons. The van der Waals surface area contributed by atoms with Gasteiger partial charge in [-0.2, -0.15) is 4.31 Å². The molecule has 0 atom stereocenters. The summed E-state index contributed by atoms with van der Waals surface area (Å²) in [6, 6.07) is 19.7. The van der Waals surface area contributed by atoms with E-state index in [1.807, 2.05) is 36.4 Å². The number of para-hydroxylation sites is 1. The van der Waals surface area contributed by atoms with E-state index in [1.165, 1.54) is 22.5 Å². The Morgan fingerprint density at radius 3 is 2.44 bits per heavy atom. The lowest BCUT2D eigenvalue weighted by atomic mass is 10.2. The van der Waals surface area contributed by atoms with Gasteiger partial charge in [-0.05, 0) is 67.4 Å². The summed E-state index contributed by atoms with van der Waals surface area (Å²) < 4.78 is 28.7. The summed E-state index contributed by atoms with van der Waals surface area (Å²) in [6.45, 7) is 0.937. The maximum Gasteiger partial charge on any atom is 0.255 e. The molecule has 0 bridgehead atoms. The van der Waals surface area contributed by atoms with Crippen molar-refractivity contribution in [3.05, 3.63) is 77.3 Å². The van der Waals surface area contributed by atoms with Crippen LogP contribution in [0.4, 0.5) is 5.69 Å². The second kappa shape index (κ2) is 9.46. The van der Waals surface area contributed by atoms with E-state index < -0.39 is 15.9 Å². The highest BCUT2D eigenvalue weighted by molar-refractivity contribution is 7.89. The zero-order valence-corrected chi connectivity index (χ0v) is 20.6. The van der Waals surface area contributed by atoms with E-state index in [0.29, 0.717) is 18.8 Å². The number of piperidine rings is 1. The predicted octanol–water partition coefficient (Wildman–Crippen LogP) is 6.04. The van der Waals surface area contributed by atoms with Crippen LogP contribution in [0.25, 0.3) is 20.8 Å². The fourth-order valence-electron chi connectivity index (χ4n) is 3.98. The number of benzene rings is 3. The Balaban J connectivity index is 1.34. The van der Waals surface area contributed by atoms with Gasteiger partial charge in [0.05, 0.1) is 15.2 Å². The van der Waals surface area contributed by atoms with Crippen LogP contribution in [0.1, 0.15) is 29.6 Å². The third-order valence-electron chi connectivity index (χ3n) is 5.81. The lowest BCUT2D eigenvalue weighted by Crippen LogP contribution is -2.35. The number of hydrogen-bond acceptors (Lipinski definition) is 5. The van der Waals surface area contributed by atoms with Crippen LogP contribution in [0, 0.1) is 0 Å². The molecule has 6 nitrogen and oxygen atoms in total. The van der Waals surface area contributed by atoms with Crippen LogP contribution in [0.3, 0.4) is 0 Å². The molecular weight excluding hydrogens is 490 g/mol. The standard InChI is InChI=1S/C25H22ClN3O3S2/c26-20-13-10-18(16-23(20)34(31,32)29-14-4-1-5-15-29)24(30)27-19-11-8-17(9-12-19)25-28-21-6-2-3-7-22(21)33-25/h2-3,6-13,16H,1,4-5,14-15H2,(H,27,30). The number of anilines is 1. The topological polar surface area (TPSA) is 79.4 Å². The quantitative estimate of drug-likeness (QED) is 0.354. The Hall–Kier alpha value is -2.78. The molecule has 3 aromatic carbocycles. The van der Waals surface area contributed by atoms with Gasteiger partial charge in [0.2, 0.25) is 10.0 Å². The number of thiazole rings is 1. The first-order chi connectivity index (χ1) is 16.4. The molecule has 1 aromatic heterocycles. The van der Waals surface area contributed by atoms with Crippen LogP contribution in [-0.2, 0) is 10.0 Å². The molecule has 1 saturated heterocycles. The van der Waals surface area contributed by atoms with Gasteiger partial charge in [0.1, 0.15) is 9.90 Å². The summed E-state index contributed by atoms with van der Waals surface area (Å²) in [5.41, 5.74) is 2.75. The van der Waals surface area contributed by atoms with Gasteiger partial charge >= 0.3 is 0 Å². The smallest absolute Gasteiger partial charge is 0.255 e. The number of rotatable bonds is 5. The monoisotopic (exact) mass is 511 g/mol. The van der Waals surface area contributed by atoms with Gasteiger partial charge < -0.3 is 5.32 Å². The van der Waals surface area contributed by atoms with Crippen molar-refractivity contribution in [2.24, 2.45) is 0 Å². The second-order valence-corrected chi connectivity index (χ2v) is 11.5.